The van der Waals surface area contributed by atoms with Crippen molar-refractivity contribution in [1.82, 2.24) is 9.88 Å². The normalized spacial score (nSPS) is 21.2. The van der Waals surface area contributed by atoms with Crippen molar-refractivity contribution in [2.45, 2.75) is 31.1 Å². The molecule has 1 aromatic carbocycles. The molecule has 0 aliphatic carbocycles. The lowest BCUT2D eigenvalue weighted by atomic mass is 9.92. The molecule has 5 heteroatoms. The van der Waals surface area contributed by atoms with Crippen LogP contribution in [-0.2, 0) is 0 Å². The number of hydrogen-bond donors (Lipinski definition) is 0. The van der Waals surface area contributed by atoms with Gasteiger partial charge in [0.2, 0.25) is 0 Å². The van der Waals surface area contributed by atoms with Crippen molar-refractivity contribution in [1.29, 1.82) is 0 Å². The van der Waals surface area contributed by atoms with E-state index in [0.29, 0.717) is 0 Å². The van der Waals surface area contributed by atoms with E-state index in [0.717, 1.165) is 36.6 Å². The van der Waals surface area contributed by atoms with Crippen molar-refractivity contribution in [2.75, 3.05) is 18.8 Å². The molecule has 1 atom stereocenters. The lowest BCUT2D eigenvalue weighted by Crippen LogP contribution is -2.60. The molecule has 1 spiro atoms. The fraction of sp³-hybridized carbons (Fsp3) is 0.400. The summed E-state index contributed by atoms with van der Waals surface area (Å²) in [6.07, 6.45) is 4.70. The third-order valence-corrected chi connectivity index (χ3v) is 6.69. The number of carbonyl (C=O) groups is 1. The average molecular weight is 354 g/mol. The molecule has 4 rings (SSSR count). The first-order valence-corrected chi connectivity index (χ1v) is 9.60. The molecule has 2 fully saturated rings. The van der Waals surface area contributed by atoms with E-state index in [-0.39, 0.29) is 16.8 Å². The lowest BCUT2D eigenvalue weighted by Gasteiger charge is -2.47. The zero-order chi connectivity index (χ0) is 17.4. The number of amides is 1. The van der Waals surface area contributed by atoms with Crippen LogP contribution in [0.2, 0.25) is 0 Å². The third-order valence-electron chi connectivity index (χ3n) is 5.11. The van der Waals surface area contributed by atoms with Crippen LogP contribution >= 0.6 is 11.8 Å². The highest BCUT2D eigenvalue weighted by molar-refractivity contribution is 8.01. The number of likely N-dealkylation sites (tertiary alicyclic amines) is 1. The molecule has 1 aromatic heterocycles. The fourth-order valence-electron chi connectivity index (χ4n) is 3.56. The highest BCUT2D eigenvalue weighted by Gasteiger charge is 2.51. The van der Waals surface area contributed by atoms with Crippen LogP contribution in [0.3, 0.4) is 0 Å². The number of rotatable bonds is 3. The summed E-state index contributed by atoms with van der Waals surface area (Å²) >= 11 is 1.94. The van der Waals surface area contributed by atoms with Gasteiger partial charge in [-0.25, -0.2) is 0 Å². The molecule has 0 saturated carbocycles. The van der Waals surface area contributed by atoms with Crippen LogP contribution in [-0.4, -0.2) is 45.5 Å². The first-order valence-electron chi connectivity index (χ1n) is 8.62. The monoisotopic (exact) mass is 354 g/mol. The average Bonchev–Trinajstić information content (AvgIpc) is 3.00. The second-order valence-electron chi connectivity index (χ2n) is 7.09. The number of hydrogen-bond acceptors (Lipinski definition) is 4. The van der Waals surface area contributed by atoms with Crippen LogP contribution < -0.4 is 4.74 Å². The van der Waals surface area contributed by atoms with Crippen LogP contribution in [0.1, 0.15) is 27.9 Å². The standard InChI is InChI=1S/C20H22N2O2S/c1-14-5-6-16(8-15(14)2)19(23)22-12-20(13-22)9-18(11-25-20)24-17-4-3-7-21-10-17/h3-8,10,18H,9,11-13H2,1-2H3/t18-/m1/s1. The van der Waals surface area contributed by atoms with E-state index in [9.17, 15) is 4.79 Å². The molecule has 0 N–H and O–H groups in total. The Morgan fingerprint density at radius 2 is 2.12 bits per heavy atom. The summed E-state index contributed by atoms with van der Waals surface area (Å²) in [7, 11) is 0. The molecule has 2 aliphatic rings. The van der Waals surface area contributed by atoms with Gasteiger partial charge in [0.25, 0.3) is 5.91 Å². The van der Waals surface area contributed by atoms with Crippen LogP contribution in [0.4, 0.5) is 0 Å². The van der Waals surface area contributed by atoms with Gasteiger partial charge in [-0.2, -0.15) is 0 Å². The number of nitrogens with zero attached hydrogens (tertiary/aromatic N) is 2. The van der Waals surface area contributed by atoms with Gasteiger partial charge in [-0.3, -0.25) is 9.78 Å². The number of pyridine rings is 1. The minimum Gasteiger partial charge on any atom is -0.488 e. The second kappa shape index (κ2) is 6.37. The Morgan fingerprint density at radius 3 is 2.84 bits per heavy atom. The van der Waals surface area contributed by atoms with Gasteiger partial charge in [-0.05, 0) is 49.2 Å². The van der Waals surface area contributed by atoms with Crippen LogP contribution in [0.25, 0.3) is 0 Å². The largest absolute Gasteiger partial charge is 0.488 e. The minimum absolute atomic E-state index is 0.144. The summed E-state index contributed by atoms with van der Waals surface area (Å²) in [5.74, 6) is 1.94. The lowest BCUT2D eigenvalue weighted by molar-refractivity contribution is 0.0518. The first kappa shape index (κ1) is 16.5. The number of benzene rings is 1. The van der Waals surface area contributed by atoms with Gasteiger partial charge in [-0.1, -0.05) is 6.07 Å². The van der Waals surface area contributed by atoms with Gasteiger partial charge in [0.1, 0.15) is 11.9 Å². The highest BCUT2D eigenvalue weighted by Crippen LogP contribution is 2.46. The minimum atomic E-state index is 0.144. The molecule has 2 aliphatic heterocycles. The van der Waals surface area contributed by atoms with Crippen molar-refractivity contribution in [3.63, 3.8) is 0 Å². The van der Waals surface area contributed by atoms with Gasteiger partial charge in [0.15, 0.2) is 0 Å². The third kappa shape index (κ3) is 3.25. The zero-order valence-corrected chi connectivity index (χ0v) is 15.4. The maximum atomic E-state index is 12.7. The molecule has 2 saturated heterocycles. The fourth-order valence-corrected chi connectivity index (χ4v) is 5.08. The Morgan fingerprint density at radius 1 is 1.28 bits per heavy atom. The Labute approximate surface area is 152 Å². The molecule has 0 radical (unpaired) electrons. The topological polar surface area (TPSA) is 42.4 Å². The van der Waals surface area contributed by atoms with E-state index in [1.807, 2.05) is 47.0 Å². The summed E-state index contributed by atoms with van der Waals surface area (Å²) in [4.78, 5) is 18.7. The van der Waals surface area contributed by atoms with Crippen molar-refractivity contribution in [3.8, 4) is 5.75 Å². The van der Waals surface area contributed by atoms with Gasteiger partial charge in [0, 0.05) is 37.0 Å². The predicted molar refractivity (Wildman–Crippen MR) is 100 cm³/mol. The van der Waals surface area contributed by atoms with E-state index in [2.05, 4.69) is 18.8 Å². The van der Waals surface area contributed by atoms with Crippen molar-refractivity contribution in [2.24, 2.45) is 0 Å². The molecule has 4 nitrogen and oxygen atoms in total. The molecular formula is C20H22N2O2S. The SMILES string of the molecule is Cc1ccc(C(=O)N2CC3(C[C@@H](Oc4cccnc4)CS3)C2)cc1C. The number of carbonyl (C=O) groups excluding carboxylic acids is 1. The van der Waals surface area contributed by atoms with E-state index < -0.39 is 0 Å². The van der Waals surface area contributed by atoms with Crippen molar-refractivity contribution >= 4 is 17.7 Å². The molecular weight excluding hydrogens is 332 g/mol. The number of aromatic nitrogens is 1. The maximum Gasteiger partial charge on any atom is 0.253 e. The summed E-state index contributed by atoms with van der Waals surface area (Å²) in [6, 6.07) is 9.80. The summed E-state index contributed by atoms with van der Waals surface area (Å²) in [5.41, 5.74) is 3.18. The van der Waals surface area contributed by atoms with E-state index in [1.165, 1.54) is 11.1 Å². The first-order chi connectivity index (χ1) is 12.0. The Balaban J connectivity index is 1.35. The molecule has 1 amide bonds. The molecule has 25 heavy (non-hydrogen) atoms. The Bertz CT molecular complexity index is 788. The van der Waals surface area contributed by atoms with Crippen LogP contribution in [0.5, 0.6) is 5.75 Å². The quantitative estimate of drug-likeness (QED) is 0.846. The van der Waals surface area contributed by atoms with E-state index in [1.54, 1.807) is 12.4 Å². The summed E-state index contributed by atoms with van der Waals surface area (Å²) in [5, 5.41) is 0. The second-order valence-corrected chi connectivity index (χ2v) is 8.58. The summed E-state index contributed by atoms with van der Waals surface area (Å²) < 4.78 is 6.20. The zero-order valence-electron chi connectivity index (χ0n) is 14.6. The number of aryl methyl sites for hydroxylation is 2. The number of ether oxygens (including phenoxy) is 1. The molecule has 2 aromatic rings. The molecule has 0 unspecified atom stereocenters. The smallest absolute Gasteiger partial charge is 0.253 e. The molecule has 130 valence electrons. The summed E-state index contributed by atoms with van der Waals surface area (Å²) in [6.45, 7) is 5.75. The highest BCUT2D eigenvalue weighted by atomic mass is 32.2. The van der Waals surface area contributed by atoms with E-state index >= 15 is 0 Å². The predicted octanol–water partition coefficient (Wildman–Crippen LogP) is 3.48. The van der Waals surface area contributed by atoms with Crippen LogP contribution in [0, 0.1) is 13.8 Å². The van der Waals surface area contributed by atoms with Gasteiger partial charge in [0.05, 0.1) is 10.9 Å². The Kier molecular flexibility index (Phi) is 4.20. The number of thioether (sulfide) groups is 1. The van der Waals surface area contributed by atoms with Gasteiger partial charge >= 0.3 is 0 Å². The molecule has 0 bridgehead atoms. The van der Waals surface area contributed by atoms with Crippen molar-refractivity contribution < 1.29 is 9.53 Å². The maximum absolute atomic E-state index is 12.7. The van der Waals surface area contributed by atoms with Crippen molar-refractivity contribution in [3.05, 3.63) is 59.4 Å². The van der Waals surface area contributed by atoms with E-state index in [4.69, 9.17) is 4.74 Å². The van der Waals surface area contributed by atoms with Gasteiger partial charge in [-0.15, -0.1) is 11.8 Å². The van der Waals surface area contributed by atoms with Gasteiger partial charge < -0.3 is 9.64 Å². The van der Waals surface area contributed by atoms with Crippen LogP contribution in [0.15, 0.2) is 42.7 Å². The Hall–Kier alpha value is -2.01. The molecule has 3 heterocycles.